The molecule has 0 spiro atoms. The molecule has 0 aliphatic carbocycles. The molecular weight excluding hydrogens is 238 g/mol. The van der Waals surface area contributed by atoms with Gasteiger partial charge in [0.15, 0.2) is 0 Å². The van der Waals surface area contributed by atoms with Crippen molar-refractivity contribution in [2.75, 3.05) is 5.32 Å². The maximum Gasteiger partial charge on any atom is 0.337 e. The van der Waals surface area contributed by atoms with Gasteiger partial charge in [-0.2, -0.15) is 0 Å². The van der Waals surface area contributed by atoms with Crippen molar-refractivity contribution in [1.29, 1.82) is 0 Å². The van der Waals surface area contributed by atoms with Crippen LogP contribution in [-0.2, 0) is 6.42 Å². The molecule has 0 unspecified atom stereocenters. The van der Waals surface area contributed by atoms with E-state index < -0.39 is 5.97 Å². The third-order valence-corrected chi connectivity index (χ3v) is 3.05. The summed E-state index contributed by atoms with van der Waals surface area (Å²) in [4.78, 5) is 11.2. The lowest BCUT2D eigenvalue weighted by Gasteiger charge is -2.11. The number of aryl methyl sites for hydroxylation is 2. The number of benzene rings is 2. The van der Waals surface area contributed by atoms with Crippen molar-refractivity contribution in [2.45, 2.75) is 20.3 Å². The van der Waals surface area contributed by atoms with E-state index >= 15 is 0 Å². The molecule has 0 aliphatic heterocycles. The molecule has 0 bridgehead atoms. The number of rotatable bonds is 4. The zero-order valence-electron chi connectivity index (χ0n) is 11.1. The number of hydrogen-bond acceptors (Lipinski definition) is 2. The maximum atomic E-state index is 11.2. The standard InChI is InChI=1S/C16H17NO2/c1-3-12-5-7-13(8-6-12)17-15-10-11(2)4-9-14(15)16(18)19/h4-10,17H,3H2,1-2H3,(H,18,19). The fraction of sp³-hybridized carbons (Fsp3) is 0.188. The summed E-state index contributed by atoms with van der Waals surface area (Å²) in [6.45, 7) is 4.04. The molecule has 98 valence electrons. The summed E-state index contributed by atoms with van der Waals surface area (Å²) >= 11 is 0. The number of carboxylic acids is 1. The van der Waals surface area contributed by atoms with E-state index in [1.165, 1.54) is 5.56 Å². The first-order valence-electron chi connectivity index (χ1n) is 6.30. The van der Waals surface area contributed by atoms with Gasteiger partial charge in [0, 0.05) is 5.69 Å². The third-order valence-electron chi connectivity index (χ3n) is 3.05. The zero-order valence-corrected chi connectivity index (χ0v) is 11.1. The van der Waals surface area contributed by atoms with Crippen LogP contribution in [0.15, 0.2) is 42.5 Å². The van der Waals surface area contributed by atoms with Crippen LogP contribution in [0.2, 0.25) is 0 Å². The number of carboxylic acid groups (broad SMARTS) is 1. The van der Waals surface area contributed by atoms with Crippen molar-refractivity contribution in [3.63, 3.8) is 0 Å². The van der Waals surface area contributed by atoms with Crippen molar-refractivity contribution in [1.82, 2.24) is 0 Å². The molecule has 0 aromatic heterocycles. The molecule has 0 aliphatic rings. The highest BCUT2D eigenvalue weighted by Gasteiger charge is 2.10. The van der Waals surface area contributed by atoms with Crippen molar-refractivity contribution < 1.29 is 9.90 Å². The maximum absolute atomic E-state index is 11.2. The van der Waals surface area contributed by atoms with Gasteiger partial charge in [-0.1, -0.05) is 25.1 Å². The molecule has 0 saturated heterocycles. The van der Waals surface area contributed by atoms with E-state index in [9.17, 15) is 9.90 Å². The molecule has 2 rings (SSSR count). The fourth-order valence-electron chi connectivity index (χ4n) is 1.93. The molecule has 0 heterocycles. The van der Waals surface area contributed by atoms with Gasteiger partial charge < -0.3 is 10.4 Å². The van der Waals surface area contributed by atoms with E-state index in [4.69, 9.17) is 0 Å². The summed E-state index contributed by atoms with van der Waals surface area (Å²) in [5, 5.41) is 12.3. The quantitative estimate of drug-likeness (QED) is 0.868. The van der Waals surface area contributed by atoms with Gasteiger partial charge in [0.2, 0.25) is 0 Å². The molecule has 2 aromatic rings. The second-order valence-electron chi connectivity index (χ2n) is 4.53. The number of nitrogens with one attached hydrogen (secondary N) is 1. The van der Waals surface area contributed by atoms with Crippen LogP contribution in [0.25, 0.3) is 0 Å². The Hall–Kier alpha value is -2.29. The lowest BCUT2D eigenvalue weighted by molar-refractivity contribution is 0.0698. The third kappa shape index (κ3) is 3.13. The van der Waals surface area contributed by atoms with Crippen LogP contribution in [0.3, 0.4) is 0 Å². The average molecular weight is 255 g/mol. The summed E-state index contributed by atoms with van der Waals surface area (Å²) in [5.74, 6) is -0.923. The Morgan fingerprint density at radius 3 is 2.42 bits per heavy atom. The summed E-state index contributed by atoms with van der Waals surface area (Å²) < 4.78 is 0. The molecule has 0 amide bonds. The van der Waals surface area contributed by atoms with Crippen LogP contribution < -0.4 is 5.32 Å². The number of carbonyl (C=O) groups is 1. The number of anilines is 2. The fourth-order valence-corrected chi connectivity index (χ4v) is 1.93. The normalized spacial score (nSPS) is 10.2. The van der Waals surface area contributed by atoms with E-state index in [-0.39, 0.29) is 5.56 Å². The highest BCUT2D eigenvalue weighted by molar-refractivity contribution is 5.95. The van der Waals surface area contributed by atoms with Crippen molar-refractivity contribution in [3.8, 4) is 0 Å². The summed E-state index contributed by atoms with van der Waals surface area (Å²) in [6, 6.07) is 13.3. The Labute approximate surface area is 112 Å². The van der Waals surface area contributed by atoms with Gasteiger partial charge >= 0.3 is 5.97 Å². The van der Waals surface area contributed by atoms with Gasteiger partial charge in [0.25, 0.3) is 0 Å². The largest absolute Gasteiger partial charge is 0.478 e. The molecule has 0 atom stereocenters. The minimum atomic E-state index is -0.923. The Bertz CT molecular complexity index is 588. The molecule has 3 nitrogen and oxygen atoms in total. The van der Waals surface area contributed by atoms with E-state index in [0.717, 1.165) is 17.7 Å². The molecule has 3 heteroatoms. The summed E-state index contributed by atoms with van der Waals surface area (Å²) in [7, 11) is 0. The van der Waals surface area contributed by atoms with Crippen LogP contribution in [-0.4, -0.2) is 11.1 Å². The molecular formula is C16H17NO2. The van der Waals surface area contributed by atoms with Crippen molar-refractivity contribution in [2.24, 2.45) is 0 Å². The first kappa shape index (κ1) is 13.1. The van der Waals surface area contributed by atoms with Crippen LogP contribution in [0.4, 0.5) is 11.4 Å². The highest BCUT2D eigenvalue weighted by atomic mass is 16.4. The Morgan fingerprint density at radius 2 is 1.84 bits per heavy atom. The van der Waals surface area contributed by atoms with Crippen LogP contribution in [0.5, 0.6) is 0 Å². The molecule has 2 aromatic carbocycles. The Balaban J connectivity index is 2.31. The van der Waals surface area contributed by atoms with Crippen molar-refractivity contribution >= 4 is 17.3 Å². The van der Waals surface area contributed by atoms with Gasteiger partial charge in [-0.25, -0.2) is 4.79 Å². The second-order valence-corrected chi connectivity index (χ2v) is 4.53. The topological polar surface area (TPSA) is 49.3 Å². The SMILES string of the molecule is CCc1ccc(Nc2cc(C)ccc2C(=O)O)cc1. The van der Waals surface area contributed by atoms with Gasteiger partial charge in [0.1, 0.15) is 0 Å². The van der Waals surface area contributed by atoms with Gasteiger partial charge in [-0.15, -0.1) is 0 Å². The summed E-state index contributed by atoms with van der Waals surface area (Å²) in [5.41, 5.74) is 4.08. The lowest BCUT2D eigenvalue weighted by Crippen LogP contribution is -2.03. The predicted molar refractivity (Wildman–Crippen MR) is 77.2 cm³/mol. The van der Waals surface area contributed by atoms with Crippen LogP contribution in [0.1, 0.15) is 28.4 Å². The molecule has 0 saturated carbocycles. The van der Waals surface area contributed by atoms with Gasteiger partial charge in [-0.3, -0.25) is 0 Å². The molecule has 2 N–H and O–H groups in total. The van der Waals surface area contributed by atoms with Gasteiger partial charge in [-0.05, 0) is 48.7 Å². The summed E-state index contributed by atoms with van der Waals surface area (Å²) in [6.07, 6.45) is 0.991. The number of hydrogen-bond donors (Lipinski definition) is 2. The minimum absolute atomic E-state index is 0.283. The Kier molecular flexibility index (Phi) is 3.85. The number of aromatic carboxylic acids is 1. The van der Waals surface area contributed by atoms with E-state index in [2.05, 4.69) is 12.2 Å². The van der Waals surface area contributed by atoms with E-state index in [1.54, 1.807) is 12.1 Å². The molecule has 0 fully saturated rings. The van der Waals surface area contributed by atoms with Crippen molar-refractivity contribution in [3.05, 3.63) is 59.2 Å². The second kappa shape index (κ2) is 5.57. The molecule has 19 heavy (non-hydrogen) atoms. The highest BCUT2D eigenvalue weighted by Crippen LogP contribution is 2.23. The first-order valence-corrected chi connectivity index (χ1v) is 6.30. The first-order chi connectivity index (χ1) is 9.10. The Morgan fingerprint density at radius 1 is 1.16 bits per heavy atom. The van der Waals surface area contributed by atoms with Crippen LogP contribution >= 0.6 is 0 Å². The zero-order chi connectivity index (χ0) is 13.8. The average Bonchev–Trinajstić information content (AvgIpc) is 2.39. The lowest BCUT2D eigenvalue weighted by atomic mass is 10.1. The van der Waals surface area contributed by atoms with Gasteiger partial charge in [0.05, 0.1) is 11.3 Å². The van der Waals surface area contributed by atoms with E-state index in [0.29, 0.717) is 5.69 Å². The van der Waals surface area contributed by atoms with E-state index in [1.807, 2.05) is 37.3 Å². The smallest absolute Gasteiger partial charge is 0.337 e. The monoisotopic (exact) mass is 255 g/mol. The van der Waals surface area contributed by atoms with Crippen LogP contribution in [0, 0.1) is 6.92 Å². The predicted octanol–water partition coefficient (Wildman–Crippen LogP) is 4.00. The minimum Gasteiger partial charge on any atom is -0.478 e. The molecule has 0 radical (unpaired) electrons.